The van der Waals surface area contributed by atoms with Gasteiger partial charge in [0.15, 0.2) is 5.69 Å². The molecule has 1 amide bonds. The number of pyridine rings is 1. The Kier molecular flexibility index (Phi) is 5.41. The Morgan fingerprint density at radius 1 is 0.967 bits per heavy atom. The molecule has 0 atom stereocenters. The topological polar surface area (TPSA) is 105 Å². The fourth-order valence-corrected chi connectivity index (χ4v) is 3.54. The number of carbonyl (C=O) groups excluding carboxylic acids is 1. The Bertz CT molecular complexity index is 1180. The number of aliphatic hydroxyl groups is 1. The minimum Gasteiger partial charge on any atom is -0.390 e. The molecule has 6 nitrogen and oxygen atoms in total. The third kappa shape index (κ3) is 3.99. The van der Waals surface area contributed by atoms with Crippen LogP contribution in [0.25, 0.3) is 22.3 Å². The van der Waals surface area contributed by atoms with Crippen molar-refractivity contribution in [3.05, 3.63) is 95.1 Å². The first kappa shape index (κ1) is 19.5. The standard InChI is InChI=1S/C24H22N4O2/c1-15-22(23(24(25)30)28-27-15)19-8-4-17(5-9-19)12-16-2-6-18(7-3-16)20-10-11-26-21(13-20)14-29/h2-11,13,29H,12,14H2,1H3,(H2,25,30)(H,27,28). The molecule has 0 fully saturated rings. The second-order valence-corrected chi connectivity index (χ2v) is 7.20. The molecular weight excluding hydrogens is 376 g/mol. The van der Waals surface area contributed by atoms with Crippen LogP contribution in [0.5, 0.6) is 0 Å². The van der Waals surface area contributed by atoms with Crippen molar-refractivity contribution >= 4 is 5.91 Å². The number of aryl methyl sites for hydroxylation is 1. The maximum absolute atomic E-state index is 11.6. The third-order valence-corrected chi connectivity index (χ3v) is 5.10. The lowest BCUT2D eigenvalue weighted by atomic mass is 9.97. The highest BCUT2D eigenvalue weighted by atomic mass is 16.3. The molecule has 4 N–H and O–H groups in total. The monoisotopic (exact) mass is 398 g/mol. The van der Waals surface area contributed by atoms with Crippen LogP contribution < -0.4 is 5.73 Å². The Morgan fingerprint density at radius 2 is 1.60 bits per heavy atom. The molecule has 0 radical (unpaired) electrons. The van der Waals surface area contributed by atoms with Crippen LogP contribution in [0.3, 0.4) is 0 Å². The van der Waals surface area contributed by atoms with Gasteiger partial charge in [-0.2, -0.15) is 5.10 Å². The summed E-state index contributed by atoms with van der Waals surface area (Å²) in [4.78, 5) is 15.7. The molecule has 30 heavy (non-hydrogen) atoms. The molecule has 0 saturated heterocycles. The van der Waals surface area contributed by atoms with Crippen LogP contribution in [0, 0.1) is 6.92 Å². The Morgan fingerprint density at radius 3 is 2.20 bits per heavy atom. The predicted molar refractivity (Wildman–Crippen MR) is 116 cm³/mol. The Hall–Kier alpha value is -3.77. The second kappa shape index (κ2) is 8.31. The average Bonchev–Trinajstić information content (AvgIpc) is 3.16. The Labute approximate surface area is 174 Å². The summed E-state index contributed by atoms with van der Waals surface area (Å²) in [6.45, 7) is 1.80. The molecule has 0 unspecified atom stereocenters. The smallest absolute Gasteiger partial charge is 0.269 e. The summed E-state index contributed by atoms with van der Waals surface area (Å²) >= 11 is 0. The molecule has 2 aromatic carbocycles. The van der Waals surface area contributed by atoms with Gasteiger partial charge in [-0.05, 0) is 53.3 Å². The fourth-order valence-electron chi connectivity index (χ4n) is 3.54. The highest BCUT2D eigenvalue weighted by Crippen LogP contribution is 2.27. The van der Waals surface area contributed by atoms with E-state index in [1.165, 1.54) is 11.1 Å². The summed E-state index contributed by atoms with van der Waals surface area (Å²) < 4.78 is 0. The average molecular weight is 398 g/mol. The molecule has 0 aliphatic carbocycles. The molecule has 2 heterocycles. The van der Waals surface area contributed by atoms with Gasteiger partial charge in [-0.1, -0.05) is 48.5 Å². The number of H-pyrrole nitrogens is 1. The quantitative estimate of drug-likeness (QED) is 0.461. The normalized spacial score (nSPS) is 10.9. The van der Waals surface area contributed by atoms with E-state index < -0.39 is 5.91 Å². The number of carbonyl (C=O) groups is 1. The minimum absolute atomic E-state index is 0.0683. The van der Waals surface area contributed by atoms with Gasteiger partial charge in [-0.15, -0.1) is 0 Å². The summed E-state index contributed by atoms with van der Waals surface area (Å²) in [6, 6.07) is 20.3. The van der Waals surface area contributed by atoms with Gasteiger partial charge in [0.1, 0.15) is 0 Å². The molecule has 150 valence electrons. The molecule has 0 spiro atoms. The summed E-state index contributed by atoms with van der Waals surface area (Å²) in [5.74, 6) is -0.543. The Balaban J connectivity index is 1.51. The maximum Gasteiger partial charge on any atom is 0.269 e. The number of nitrogens with one attached hydrogen (secondary N) is 1. The van der Waals surface area contributed by atoms with Crippen LogP contribution in [0.2, 0.25) is 0 Å². The highest BCUT2D eigenvalue weighted by molar-refractivity contribution is 5.98. The van der Waals surface area contributed by atoms with E-state index >= 15 is 0 Å². The molecule has 0 aliphatic heterocycles. The molecule has 4 aromatic rings. The van der Waals surface area contributed by atoms with Crippen LogP contribution in [0.4, 0.5) is 0 Å². The molecule has 0 bridgehead atoms. The van der Waals surface area contributed by atoms with E-state index in [0.29, 0.717) is 5.69 Å². The first-order valence-corrected chi connectivity index (χ1v) is 9.64. The van der Waals surface area contributed by atoms with Gasteiger partial charge in [0, 0.05) is 17.5 Å². The lowest BCUT2D eigenvalue weighted by Crippen LogP contribution is -2.12. The number of hydrogen-bond acceptors (Lipinski definition) is 4. The van der Waals surface area contributed by atoms with Gasteiger partial charge in [0.05, 0.1) is 12.3 Å². The van der Waals surface area contributed by atoms with Crippen molar-refractivity contribution < 1.29 is 9.90 Å². The summed E-state index contributed by atoms with van der Waals surface area (Å²) in [6.07, 6.45) is 2.51. The number of nitrogens with two attached hydrogens (primary N) is 1. The van der Waals surface area contributed by atoms with Crippen molar-refractivity contribution in [2.24, 2.45) is 5.73 Å². The number of aliphatic hydroxyl groups excluding tert-OH is 1. The number of rotatable bonds is 6. The van der Waals surface area contributed by atoms with Crippen molar-refractivity contribution in [3.63, 3.8) is 0 Å². The van der Waals surface area contributed by atoms with Crippen LogP contribution in [-0.2, 0) is 13.0 Å². The number of primary amides is 1. The second-order valence-electron chi connectivity index (χ2n) is 7.20. The fraction of sp³-hybridized carbons (Fsp3) is 0.125. The van der Waals surface area contributed by atoms with E-state index in [-0.39, 0.29) is 12.3 Å². The zero-order valence-corrected chi connectivity index (χ0v) is 16.6. The van der Waals surface area contributed by atoms with E-state index in [1.807, 2.05) is 31.2 Å². The first-order chi connectivity index (χ1) is 14.5. The molecule has 0 saturated carbocycles. The lowest BCUT2D eigenvalue weighted by Gasteiger charge is -2.07. The molecule has 4 rings (SSSR count). The summed E-state index contributed by atoms with van der Waals surface area (Å²) in [7, 11) is 0. The summed E-state index contributed by atoms with van der Waals surface area (Å²) in [5.41, 5.74) is 13.3. The molecule has 2 aromatic heterocycles. The number of benzene rings is 2. The minimum atomic E-state index is -0.543. The van der Waals surface area contributed by atoms with E-state index in [2.05, 4.69) is 51.6 Å². The van der Waals surface area contributed by atoms with Gasteiger partial charge < -0.3 is 10.8 Å². The van der Waals surface area contributed by atoms with E-state index in [1.54, 1.807) is 6.20 Å². The van der Waals surface area contributed by atoms with Gasteiger partial charge in [-0.3, -0.25) is 14.9 Å². The van der Waals surface area contributed by atoms with E-state index in [4.69, 9.17) is 5.73 Å². The molecule has 6 heteroatoms. The number of aromatic nitrogens is 3. The van der Waals surface area contributed by atoms with Gasteiger partial charge in [0.2, 0.25) is 0 Å². The lowest BCUT2D eigenvalue weighted by molar-refractivity contribution is 0.0996. The first-order valence-electron chi connectivity index (χ1n) is 9.64. The van der Waals surface area contributed by atoms with Crippen LogP contribution >= 0.6 is 0 Å². The molecule has 0 aliphatic rings. The van der Waals surface area contributed by atoms with E-state index in [9.17, 15) is 9.90 Å². The van der Waals surface area contributed by atoms with E-state index in [0.717, 1.165) is 34.4 Å². The third-order valence-electron chi connectivity index (χ3n) is 5.10. The van der Waals surface area contributed by atoms with Crippen molar-refractivity contribution in [2.75, 3.05) is 0 Å². The number of aromatic amines is 1. The maximum atomic E-state index is 11.6. The number of nitrogens with zero attached hydrogens (tertiary/aromatic N) is 2. The van der Waals surface area contributed by atoms with Crippen LogP contribution in [-0.4, -0.2) is 26.2 Å². The zero-order valence-electron chi connectivity index (χ0n) is 16.6. The van der Waals surface area contributed by atoms with Crippen molar-refractivity contribution in [2.45, 2.75) is 20.0 Å². The van der Waals surface area contributed by atoms with Crippen molar-refractivity contribution in [3.8, 4) is 22.3 Å². The highest BCUT2D eigenvalue weighted by Gasteiger charge is 2.16. The van der Waals surface area contributed by atoms with Crippen molar-refractivity contribution in [1.29, 1.82) is 0 Å². The largest absolute Gasteiger partial charge is 0.390 e. The van der Waals surface area contributed by atoms with Crippen molar-refractivity contribution in [1.82, 2.24) is 15.2 Å². The van der Waals surface area contributed by atoms with Gasteiger partial charge >= 0.3 is 0 Å². The summed E-state index contributed by atoms with van der Waals surface area (Å²) in [5, 5.41) is 16.1. The predicted octanol–water partition coefficient (Wildman–Crippen LogP) is 3.63. The van der Waals surface area contributed by atoms with Gasteiger partial charge in [-0.25, -0.2) is 0 Å². The number of hydrogen-bond donors (Lipinski definition) is 3. The molecular formula is C24H22N4O2. The van der Waals surface area contributed by atoms with Crippen LogP contribution in [0.15, 0.2) is 66.9 Å². The number of amides is 1. The SMILES string of the molecule is Cc1[nH]nc(C(N)=O)c1-c1ccc(Cc2ccc(-c3ccnc(CO)c3)cc2)cc1. The zero-order chi connectivity index (χ0) is 21.1. The van der Waals surface area contributed by atoms with Crippen LogP contribution in [0.1, 0.15) is 33.0 Å². The van der Waals surface area contributed by atoms with Gasteiger partial charge in [0.25, 0.3) is 5.91 Å².